The third-order valence-corrected chi connectivity index (χ3v) is 5.40. The van der Waals surface area contributed by atoms with E-state index in [1.807, 2.05) is 6.26 Å². The van der Waals surface area contributed by atoms with Crippen molar-refractivity contribution in [2.45, 2.75) is 58.8 Å². The average molecular weight is 279 g/mol. The van der Waals surface area contributed by atoms with Gasteiger partial charge in [-0.05, 0) is 55.4 Å². The van der Waals surface area contributed by atoms with E-state index in [9.17, 15) is 0 Å². The topological polar surface area (TPSA) is 9.23 Å². The van der Waals surface area contributed by atoms with E-state index in [1.54, 1.807) is 0 Å². The van der Waals surface area contributed by atoms with Crippen molar-refractivity contribution in [1.29, 1.82) is 0 Å². The lowest BCUT2D eigenvalue weighted by atomic mass is 9.82. The van der Waals surface area contributed by atoms with Crippen molar-refractivity contribution in [2.24, 2.45) is 5.92 Å². The van der Waals surface area contributed by atoms with Crippen molar-refractivity contribution in [1.82, 2.24) is 0 Å². The first-order chi connectivity index (χ1) is 8.79. The summed E-state index contributed by atoms with van der Waals surface area (Å²) in [6.07, 6.45) is 7.69. The normalized spacial score (nSPS) is 21.0. The summed E-state index contributed by atoms with van der Waals surface area (Å²) >= 11 is 0. The summed E-state index contributed by atoms with van der Waals surface area (Å²) in [6, 6.07) is 1.22. The minimum atomic E-state index is -0.974. The average Bonchev–Trinajstić information content (AvgIpc) is 2.26. The van der Waals surface area contributed by atoms with Gasteiger partial charge in [-0.1, -0.05) is 38.7 Å². The van der Waals surface area contributed by atoms with Gasteiger partial charge in [-0.25, -0.2) is 0 Å². The molecular formula is C17H30OSi. The van der Waals surface area contributed by atoms with Crippen molar-refractivity contribution in [2.75, 3.05) is 6.61 Å². The molecule has 2 heteroatoms. The molecule has 0 aromatic carbocycles. The molecule has 0 aromatic heterocycles. The fraction of sp³-hybridized carbons (Fsp3) is 0.647. The van der Waals surface area contributed by atoms with Crippen LogP contribution < -0.4 is 0 Å². The molecule has 0 N–H and O–H groups in total. The molecule has 108 valence electrons. The van der Waals surface area contributed by atoms with Crippen LogP contribution in [0.1, 0.15) is 33.1 Å². The highest BCUT2D eigenvalue weighted by Gasteiger charge is 2.16. The third kappa shape index (κ3) is 6.28. The van der Waals surface area contributed by atoms with E-state index in [2.05, 4.69) is 46.1 Å². The predicted molar refractivity (Wildman–Crippen MR) is 88.1 cm³/mol. The molecule has 0 radical (unpaired) electrons. The summed E-state index contributed by atoms with van der Waals surface area (Å²) in [7, 11) is -0.974. The van der Waals surface area contributed by atoms with Crippen LogP contribution in [-0.2, 0) is 4.74 Å². The molecule has 1 rings (SSSR count). The van der Waals surface area contributed by atoms with Crippen molar-refractivity contribution in [3.8, 4) is 0 Å². The van der Waals surface area contributed by atoms with Crippen LogP contribution in [0, 0.1) is 5.92 Å². The fourth-order valence-electron chi connectivity index (χ4n) is 2.37. The zero-order chi connectivity index (χ0) is 14.5. The number of ether oxygens (including phenoxy) is 1. The van der Waals surface area contributed by atoms with E-state index in [1.165, 1.54) is 35.6 Å². The Balaban J connectivity index is 2.54. The molecule has 0 aliphatic heterocycles. The summed E-state index contributed by atoms with van der Waals surface area (Å²) in [5.74, 6) is 0.782. The van der Waals surface area contributed by atoms with Crippen molar-refractivity contribution >= 4 is 8.07 Å². The van der Waals surface area contributed by atoms with Crippen LogP contribution in [0.4, 0.5) is 0 Å². The zero-order valence-corrected chi connectivity index (χ0v) is 14.4. The molecule has 0 amide bonds. The Morgan fingerprint density at radius 1 is 1.42 bits per heavy atom. The van der Waals surface area contributed by atoms with Gasteiger partial charge in [0.15, 0.2) is 0 Å². The number of hydrogen-bond donors (Lipinski definition) is 0. The van der Waals surface area contributed by atoms with Gasteiger partial charge in [0.05, 0.1) is 12.9 Å². The van der Waals surface area contributed by atoms with Crippen LogP contribution in [0.2, 0.25) is 25.7 Å². The Hall–Kier alpha value is -0.763. The summed E-state index contributed by atoms with van der Waals surface area (Å²) in [5, 5.41) is 0. The van der Waals surface area contributed by atoms with Gasteiger partial charge >= 0.3 is 0 Å². The van der Waals surface area contributed by atoms with Gasteiger partial charge in [0.1, 0.15) is 0 Å². The molecule has 0 spiro atoms. The Morgan fingerprint density at radius 3 is 2.68 bits per heavy atom. The summed E-state index contributed by atoms with van der Waals surface area (Å²) in [5.41, 5.74) is 4.09. The SMILES string of the molecule is C=C(C)C1=C(/C=C/OCC[Si](C)(C)C)C[C@H](C)CC1. The third-order valence-electron chi connectivity index (χ3n) is 3.69. The lowest BCUT2D eigenvalue weighted by Gasteiger charge is -2.23. The Morgan fingerprint density at radius 2 is 2.11 bits per heavy atom. The second kappa shape index (κ2) is 7.13. The quantitative estimate of drug-likeness (QED) is 0.352. The molecule has 0 bridgehead atoms. The molecule has 0 saturated carbocycles. The van der Waals surface area contributed by atoms with E-state index in [0.29, 0.717) is 0 Å². The van der Waals surface area contributed by atoms with Gasteiger partial charge in [0.2, 0.25) is 0 Å². The van der Waals surface area contributed by atoms with E-state index in [-0.39, 0.29) is 0 Å². The number of rotatable bonds is 6. The van der Waals surface area contributed by atoms with Crippen LogP contribution in [0.25, 0.3) is 0 Å². The first-order valence-electron chi connectivity index (χ1n) is 7.45. The maximum Gasteiger partial charge on any atom is 0.0849 e. The molecule has 1 aliphatic carbocycles. The Labute approximate surface area is 120 Å². The molecule has 0 aromatic rings. The molecule has 1 nitrogen and oxygen atoms in total. The highest BCUT2D eigenvalue weighted by Crippen LogP contribution is 2.33. The minimum Gasteiger partial charge on any atom is -0.501 e. The second-order valence-corrected chi connectivity index (χ2v) is 12.7. The molecule has 1 atom stereocenters. The summed E-state index contributed by atoms with van der Waals surface area (Å²) in [4.78, 5) is 0. The first kappa shape index (κ1) is 16.3. The van der Waals surface area contributed by atoms with E-state index in [4.69, 9.17) is 4.74 Å². The van der Waals surface area contributed by atoms with Crippen molar-refractivity contribution in [3.63, 3.8) is 0 Å². The lowest BCUT2D eigenvalue weighted by Crippen LogP contribution is -2.21. The highest BCUT2D eigenvalue weighted by atomic mass is 28.3. The molecule has 1 aliphatic rings. The van der Waals surface area contributed by atoms with Crippen LogP contribution in [-0.4, -0.2) is 14.7 Å². The van der Waals surface area contributed by atoms with E-state index < -0.39 is 8.07 Å². The van der Waals surface area contributed by atoms with Crippen LogP contribution >= 0.6 is 0 Å². The van der Waals surface area contributed by atoms with Crippen molar-refractivity contribution in [3.05, 3.63) is 35.6 Å². The van der Waals surface area contributed by atoms with Gasteiger partial charge < -0.3 is 4.74 Å². The number of hydrogen-bond acceptors (Lipinski definition) is 1. The fourth-order valence-corrected chi connectivity index (χ4v) is 3.10. The smallest absolute Gasteiger partial charge is 0.0849 e. The minimum absolute atomic E-state index is 0.782. The molecule has 19 heavy (non-hydrogen) atoms. The highest BCUT2D eigenvalue weighted by molar-refractivity contribution is 6.76. The Bertz CT molecular complexity index is 371. The maximum absolute atomic E-state index is 5.67. The van der Waals surface area contributed by atoms with Crippen molar-refractivity contribution < 1.29 is 4.74 Å². The first-order valence-corrected chi connectivity index (χ1v) is 11.2. The zero-order valence-electron chi connectivity index (χ0n) is 13.4. The predicted octanol–water partition coefficient (Wildman–Crippen LogP) is 5.55. The molecule has 0 saturated heterocycles. The molecule has 0 heterocycles. The van der Waals surface area contributed by atoms with Gasteiger partial charge in [-0.3, -0.25) is 0 Å². The molecule has 0 unspecified atom stereocenters. The number of allylic oxidation sites excluding steroid dienone is 4. The Kier molecular flexibility index (Phi) is 6.12. The van der Waals surface area contributed by atoms with Crippen LogP contribution in [0.5, 0.6) is 0 Å². The van der Waals surface area contributed by atoms with Gasteiger partial charge in [-0.15, -0.1) is 0 Å². The van der Waals surface area contributed by atoms with Gasteiger partial charge in [-0.2, -0.15) is 0 Å². The van der Waals surface area contributed by atoms with E-state index in [0.717, 1.165) is 18.9 Å². The molecular weight excluding hydrogens is 248 g/mol. The second-order valence-electron chi connectivity index (χ2n) is 7.12. The largest absolute Gasteiger partial charge is 0.501 e. The van der Waals surface area contributed by atoms with E-state index >= 15 is 0 Å². The molecule has 0 fully saturated rings. The monoisotopic (exact) mass is 278 g/mol. The standard InChI is InChI=1S/C17H30OSi/c1-14(2)17-8-7-15(3)13-16(17)9-10-18-11-12-19(4,5)6/h9-10,15H,1,7-8,11-13H2,2-6H3/b10-9+/t15-/m1/s1. The summed E-state index contributed by atoms with van der Waals surface area (Å²) < 4.78 is 5.67. The van der Waals surface area contributed by atoms with Crippen LogP contribution in [0.3, 0.4) is 0 Å². The maximum atomic E-state index is 5.67. The van der Waals surface area contributed by atoms with Gasteiger partial charge in [0, 0.05) is 8.07 Å². The van der Waals surface area contributed by atoms with Gasteiger partial charge in [0.25, 0.3) is 0 Å². The summed E-state index contributed by atoms with van der Waals surface area (Å²) in [6.45, 7) is 16.5. The van der Waals surface area contributed by atoms with Crippen LogP contribution in [0.15, 0.2) is 35.6 Å². The lowest BCUT2D eigenvalue weighted by molar-refractivity contribution is 0.267.